The Morgan fingerprint density at radius 2 is 2.07 bits per heavy atom. The van der Waals surface area contributed by atoms with E-state index in [1.165, 1.54) is 36.0 Å². The maximum Gasteiger partial charge on any atom is 0.342 e. The van der Waals surface area contributed by atoms with Crippen LogP contribution in [0.2, 0.25) is 0 Å². The molecule has 0 fully saturated rings. The van der Waals surface area contributed by atoms with E-state index in [9.17, 15) is 24.5 Å². The number of nitro benzene ring substituents is 1. The molecule has 1 amide bonds. The Morgan fingerprint density at radius 3 is 2.77 bits per heavy atom. The molecule has 0 saturated carbocycles. The van der Waals surface area contributed by atoms with Gasteiger partial charge in [0.25, 0.3) is 11.2 Å². The Kier molecular flexibility index (Phi) is 5.90. The Hall–Kier alpha value is -4.02. The molecule has 156 valence electrons. The SMILES string of the molecule is CCOC(=O)c1c(C)oc2ncn(CCC(=O)Nc3ccccc3[N+](=O)[O-])c(=O)c12. The average molecular weight is 414 g/mol. The Labute approximate surface area is 169 Å². The molecule has 3 aromatic rings. The number of aromatic nitrogens is 2. The fourth-order valence-electron chi connectivity index (χ4n) is 2.92. The third kappa shape index (κ3) is 4.04. The second-order valence-electron chi connectivity index (χ2n) is 6.25. The quantitative estimate of drug-likeness (QED) is 0.352. The first-order valence-corrected chi connectivity index (χ1v) is 9.02. The van der Waals surface area contributed by atoms with Gasteiger partial charge in [0.2, 0.25) is 11.6 Å². The number of para-hydroxylation sites is 2. The summed E-state index contributed by atoms with van der Waals surface area (Å²) in [5.41, 5.74) is -0.731. The van der Waals surface area contributed by atoms with Crippen LogP contribution in [0.1, 0.15) is 29.5 Å². The van der Waals surface area contributed by atoms with Gasteiger partial charge < -0.3 is 14.5 Å². The fourth-order valence-corrected chi connectivity index (χ4v) is 2.92. The zero-order valence-electron chi connectivity index (χ0n) is 16.2. The van der Waals surface area contributed by atoms with Crippen molar-refractivity contribution in [3.05, 3.63) is 62.4 Å². The third-order valence-electron chi connectivity index (χ3n) is 4.29. The topological polar surface area (TPSA) is 147 Å². The van der Waals surface area contributed by atoms with Crippen molar-refractivity contribution in [1.29, 1.82) is 0 Å². The lowest BCUT2D eigenvalue weighted by Crippen LogP contribution is -2.24. The zero-order valence-corrected chi connectivity index (χ0v) is 16.2. The lowest BCUT2D eigenvalue weighted by molar-refractivity contribution is -0.383. The number of benzene rings is 1. The van der Waals surface area contributed by atoms with Crippen LogP contribution in [-0.2, 0) is 16.1 Å². The van der Waals surface area contributed by atoms with E-state index >= 15 is 0 Å². The van der Waals surface area contributed by atoms with Gasteiger partial charge in [0.1, 0.15) is 28.7 Å². The molecule has 2 aromatic heterocycles. The minimum Gasteiger partial charge on any atom is -0.462 e. The molecule has 11 heteroatoms. The number of carbonyl (C=O) groups excluding carboxylic acids is 2. The predicted molar refractivity (Wildman–Crippen MR) is 105 cm³/mol. The van der Waals surface area contributed by atoms with Gasteiger partial charge in [-0.15, -0.1) is 0 Å². The minimum absolute atomic E-state index is 0.00108. The molecule has 0 spiro atoms. The molecule has 0 aliphatic heterocycles. The first-order valence-electron chi connectivity index (χ1n) is 9.02. The van der Waals surface area contributed by atoms with Gasteiger partial charge in [-0.1, -0.05) is 12.1 Å². The van der Waals surface area contributed by atoms with E-state index < -0.39 is 22.4 Å². The summed E-state index contributed by atoms with van der Waals surface area (Å²) in [6.07, 6.45) is 1.06. The number of fused-ring (bicyclic) bond motifs is 1. The van der Waals surface area contributed by atoms with Crippen LogP contribution >= 0.6 is 0 Å². The van der Waals surface area contributed by atoms with E-state index in [0.717, 1.165) is 0 Å². The summed E-state index contributed by atoms with van der Waals surface area (Å²) < 4.78 is 11.5. The van der Waals surface area contributed by atoms with E-state index in [-0.39, 0.29) is 53.4 Å². The number of furan rings is 1. The van der Waals surface area contributed by atoms with E-state index in [2.05, 4.69) is 10.3 Å². The van der Waals surface area contributed by atoms with Crippen LogP contribution in [0.25, 0.3) is 11.1 Å². The summed E-state index contributed by atoms with van der Waals surface area (Å²) in [6, 6.07) is 5.73. The van der Waals surface area contributed by atoms with Gasteiger partial charge >= 0.3 is 5.97 Å². The normalized spacial score (nSPS) is 10.7. The van der Waals surface area contributed by atoms with Gasteiger partial charge in [-0.05, 0) is 19.9 Å². The summed E-state index contributed by atoms with van der Waals surface area (Å²) in [7, 11) is 0. The van der Waals surface area contributed by atoms with Gasteiger partial charge in [0, 0.05) is 19.0 Å². The highest BCUT2D eigenvalue weighted by molar-refractivity contribution is 6.03. The highest BCUT2D eigenvalue weighted by atomic mass is 16.6. The van der Waals surface area contributed by atoms with Crippen molar-refractivity contribution in [1.82, 2.24) is 9.55 Å². The summed E-state index contributed by atoms with van der Waals surface area (Å²) in [5, 5.41) is 13.5. The zero-order chi connectivity index (χ0) is 21.8. The van der Waals surface area contributed by atoms with Crippen LogP contribution in [0.4, 0.5) is 11.4 Å². The highest BCUT2D eigenvalue weighted by Gasteiger charge is 2.24. The summed E-state index contributed by atoms with van der Waals surface area (Å²) in [5.74, 6) is -1.01. The summed E-state index contributed by atoms with van der Waals surface area (Å²) in [4.78, 5) is 51.7. The number of aryl methyl sites for hydroxylation is 2. The molecular formula is C19H18N4O7. The van der Waals surface area contributed by atoms with Gasteiger partial charge in [-0.2, -0.15) is 0 Å². The van der Waals surface area contributed by atoms with Crippen LogP contribution in [0.3, 0.4) is 0 Å². The monoisotopic (exact) mass is 414 g/mol. The summed E-state index contributed by atoms with van der Waals surface area (Å²) >= 11 is 0. The smallest absolute Gasteiger partial charge is 0.342 e. The first-order chi connectivity index (χ1) is 14.3. The molecule has 0 atom stereocenters. The number of nitro groups is 1. The number of hydrogen-bond acceptors (Lipinski definition) is 8. The van der Waals surface area contributed by atoms with Crippen molar-refractivity contribution in [3.8, 4) is 0 Å². The molecule has 11 nitrogen and oxygen atoms in total. The molecule has 3 rings (SSSR count). The Bertz CT molecular complexity index is 1200. The van der Waals surface area contributed by atoms with E-state index in [4.69, 9.17) is 9.15 Å². The molecule has 2 heterocycles. The lowest BCUT2D eigenvalue weighted by Gasteiger charge is -2.07. The number of amides is 1. The average Bonchev–Trinajstić information content (AvgIpc) is 3.04. The largest absolute Gasteiger partial charge is 0.462 e. The first kappa shape index (κ1) is 20.7. The molecule has 1 N–H and O–H groups in total. The molecule has 0 aliphatic rings. The number of anilines is 1. The Balaban J connectivity index is 1.82. The van der Waals surface area contributed by atoms with Crippen LogP contribution in [-0.4, -0.2) is 33.0 Å². The molecule has 0 bridgehead atoms. The summed E-state index contributed by atoms with van der Waals surface area (Å²) in [6.45, 7) is 3.24. The molecule has 1 aromatic carbocycles. The molecule has 0 radical (unpaired) electrons. The highest BCUT2D eigenvalue weighted by Crippen LogP contribution is 2.24. The number of nitrogens with zero attached hydrogens (tertiary/aromatic N) is 3. The van der Waals surface area contributed by atoms with Crippen LogP contribution in [0.5, 0.6) is 0 Å². The standard InChI is InChI=1S/C19H18N4O7/c1-3-29-19(26)15-11(2)30-17-16(15)18(25)22(10-20-17)9-8-14(24)21-12-6-4-5-7-13(12)23(27)28/h4-7,10H,3,8-9H2,1-2H3,(H,21,24). The number of nitrogens with one attached hydrogen (secondary N) is 1. The third-order valence-corrected chi connectivity index (χ3v) is 4.29. The van der Waals surface area contributed by atoms with E-state index in [1.807, 2.05) is 0 Å². The van der Waals surface area contributed by atoms with Crippen LogP contribution in [0.15, 0.2) is 39.8 Å². The number of ether oxygens (including phenoxy) is 1. The van der Waals surface area contributed by atoms with Crippen molar-refractivity contribution in [2.24, 2.45) is 0 Å². The fraction of sp³-hybridized carbons (Fsp3) is 0.263. The van der Waals surface area contributed by atoms with E-state index in [0.29, 0.717) is 0 Å². The second kappa shape index (κ2) is 8.55. The maximum atomic E-state index is 12.8. The van der Waals surface area contributed by atoms with Crippen molar-refractivity contribution in [2.45, 2.75) is 26.8 Å². The van der Waals surface area contributed by atoms with Crippen molar-refractivity contribution >= 4 is 34.4 Å². The van der Waals surface area contributed by atoms with Crippen LogP contribution in [0, 0.1) is 17.0 Å². The molecule has 0 unspecified atom stereocenters. The van der Waals surface area contributed by atoms with Gasteiger partial charge in [-0.25, -0.2) is 9.78 Å². The molecule has 0 aliphatic carbocycles. The number of rotatable bonds is 7. The van der Waals surface area contributed by atoms with Gasteiger partial charge in [0.05, 0.1) is 11.5 Å². The Morgan fingerprint density at radius 1 is 1.33 bits per heavy atom. The van der Waals surface area contributed by atoms with Gasteiger partial charge in [-0.3, -0.25) is 24.3 Å². The number of hydrogen-bond donors (Lipinski definition) is 1. The maximum absolute atomic E-state index is 12.8. The minimum atomic E-state index is -0.695. The van der Waals surface area contributed by atoms with Gasteiger partial charge in [0.15, 0.2) is 0 Å². The van der Waals surface area contributed by atoms with E-state index in [1.54, 1.807) is 13.0 Å². The molecule has 30 heavy (non-hydrogen) atoms. The molecular weight excluding hydrogens is 396 g/mol. The molecule has 0 saturated heterocycles. The predicted octanol–water partition coefficient (Wildman–Crippen LogP) is 2.41. The van der Waals surface area contributed by atoms with Crippen molar-refractivity contribution < 1.29 is 23.7 Å². The second-order valence-corrected chi connectivity index (χ2v) is 6.25. The van der Waals surface area contributed by atoms with Crippen molar-refractivity contribution in [2.75, 3.05) is 11.9 Å². The number of esters is 1. The van der Waals surface area contributed by atoms with Crippen molar-refractivity contribution in [3.63, 3.8) is 0 Å². The lowest BCUT2D eigenvalue weighted by atomic mass is 10.2. The van der Waals surface area contributed by atoms with Crippen LogP contribution < -0.4 is 10.9 Å². The number of carbonyl (C=O) groups is 2.